The number of benzene rings is 1. The van der Waals surface area contributed by atoms with Gasteiger partial charge in [0.1, 0.15) is 5.01 Å². The molecule has 0 unspecified atom stereocenters. The Hall–Kier alpha value is -1.78. The van der Waals surface area contributed by atoms with E-state index in [0.717, 1.165) is 34.5 Å². The summed E-state index contributed by atoms with van der Waals surface area (Å²) in [5, 5.41) is 7.95. The van der Waals surface area contributed by atoms with Crippen molar-refractivity contribution in [2.24, 2.45) is 0 Å². The van der Waals surface area contributed by atoms with Gasteiger partial charge < -0.3 is 5.32 Å². The number of aromatic nitrogens is 2. The second kappa shape index (κ2) is 5.20. The number of rotatable bonds is 4. The number of hydrogen-bond acceptors (Lipinski definition) is 4. The first kappa shape index (κ1) is 12.9. The molecular weight excluding hydrogens is 278 g/mol. The fourth-order valence-corrected chi connectivity index (χ4v) is 3.38. The number of aryl methyl sites for hydroxylation is 1. The van der Waals surface area contributed by atoms with Crippen LogP contribution in [0.25, 0.3) is 21.5 Å². The van der Waals surface area contributed by atoms with Crippen LogP contribution in [0, 0.1) is 6.92 Å². The first-order chi connectivity index (χ1) is 10.3. The lowest BCUT2D eigenvalue weighted by atomic mass is 10.1. The van der Waals surface area contributed by atoms with Crippen molar-refractivity contribution in [3.63, 3.8) is 0 Å². The van der Waals surface area contributed by atoms with Crippen LogP contribution < -0.4 is 5.32 Å². The first-order valence-corrected chi connectivity index (χ1v) is 8.22. The molecule has 0 aliphatic heterocycles. The summed E-state index contributed by atoms with van der Waals surface area (Å²) in [6.45, 7) is 2.92. The molecule has 0 atom stereocenters. The van der Waals surface area contributed by atoms with Gasteiger partial charge in [-0.25, -0.2) is 4.98 Å². The van der Waals surface area contributed by atoms with Crippen molar-refractivity contribution in [3.8, 4) is 10.6 Å². The third kappa shape index (κ3) is 2.69. The van der Waals surface area contributed by atoms with Crippen molar-refractivity contribution < 1.29 is 0 Å². The lowest BCUT2D eigenvalue weighted by Gasteiger charge is -2.05. The molecule has 21 heavy (non-hydrogen) atoms. The molecule has 1 saturated carbocycles. The Balaban J connectivity index is 1.71. The molecule has 1 aliphatic rings. The summed E-state index contributed by atoms with van der Waals surface area (Å²) in [6, 6.07) is 11.1. The predicted molar refractivity (Wildman–Crippen MR) is 87.4 cm³/mol. The maximum absolute atomic E-state index is 4.80. The van der Waals surface area contributed by atoms with Crippen LogP contribution in [0.1, 0.15) is 24.2 Å². The van der Waals surface area contributed by atoms with E-state index in [9.17, 15) is 0 Å². The van der Waals surface area contributed by atoms with Crippen LogP contribution in [0.2, 0.25) is 0 Å². The third-order valence-electron chi connectivity index (χ3n) is 3.78. The van der Waals surface area contributed by atoms with Gasteiger partial charge in [-0.3, -0.25) is 4.98 Å². The lowest BCUT2D eigenvalue weighted by Crippen LogP contribution is -2.15. The van der Waals surface area contributed by atoms with Gasteiger partial charge in [0, 0.05) is 34.6 Å². The lowest BCUT2D eigenvalue weighted by molar-refractivity contribution is 0.678. The predicted octanol–water partition coefficient (Wildman–Crippen LogP) is 3.92. The Morgan fingerprint density at radius 3 is 2.95 bits per heavy atom. The quantitative estimate of drug-likeness (QED) is 0.793. The van der Waals surface area contributed by atoms with Crippen LogP contribution in [-0.4, -0.2) is 16.0 Å². The van der Waals surface area contributed by atoms with Gasteiger partial charge in [-0.2, -0.15) is 0 Å². The van der Waals surface area contributed by atoms with Crippen molar-refractivity contribution in [1.29, 1.82) is 0 Å². The van der Waals surface area contributed by atoms with Crippen molar-refractivity contribution in [1.82, 2.24) is 15.3 Å². The first-order valence-electron chi connectivity index (χ1n) is 7.34. The van der Waals surface area contributed by atoms with Crippen molar-refractivity contribution in [2.45, 2.75) is 32.4 Å². The normalized spacial score (nSPS) is 14.7. The molecule has 1 N–H and O–H groups in total. The van der Waals surface area contributed by atoms with Crippen LogP contribution in [-0.2, 0) is 6.54 Å². The fourth-order valence-electron chi connectivity index (χ4n) is 2.53. The van der Waals surface area contributed by atoms with Gasteiger partial charge in [-0.05, 0) is 31.9 Å². The molecule has 106 valence electrons. The van der Waals surface area contributed by atoms with Gasteiger partial charge in [0.05, 0.1) is 11.2 Å². The molecular formula is C17H17N3S. The van der Waals surface area contributed by atoms with Gasteiger partial charge in [0.15, 0.2) is 0 Å². The van der Waals surface area contributed by atoms with Crippen LogP contribution in [0.4, 0.5) is 0 Å². The average molecular weight is 295 g/mol. The molecule has 0 radical (unpaired) electrons. The zero-order valence-electron chi connectivity index (χ0n) is 12.0. The third-order valence-corrected chi connectivity index (χ3v) is 4.70. The minimum atomic E-state index is 0.721. The molecule has 2 heterocycles. The standard InChI is InChI=1S/C17H17N3S/c1-11-8-15(14-4-2-3-5-16(14)19-11)17-20-13(10-21-17)9-18-12-6-7-12/h2-5,8,10,12,18H,6-7,9H2,1H3. The molecule has 4 rings (SSSR count). The van der Waals surface area contributed by atoms with E-state index < -0.39 is 0 Å². The molecule has 1 aliphatic carbocycles. The van der Waals surface area contributed by atoms with Crippen molar-refractivity contribution in [3.05, 3.63) is 47.1 Å². The Kier molecular flexibility index (Phi) is 3.20. The minimum Gasteiger partial charge on any atom is -0.308 e. The molecule has 0 spiro atoms. The molecule has 1 aromatic carbocycles. The summed E-state index contributed by atoms with van der Waals surface area (Å²) < 4.78 is 0. The Morgan fingerprint density at radius 1 is 1.24 bits per heavy atom. The van der Waals surface area contributed by atoms with Crippen molar-refractivity contribution in [2.75, 3.05) is 0 Å². The summed E-state index contributed by atoms with van der Waals surface area (Å²) in [5.74, 6) is 0. The average Bonchev–Trinajstić information content (AvgIpc) is 3.21. The molecule has 3 nitrogen and oxygen atoms in total. The highest BCUT2D eigenvalue weighted by molar-refractivity contribution is 7.13. The second-order valence-corrected chi connectivity index (χ2v) is 6.49. The number of para-hydroxylation sites is 1. The van der Waals surface area contributed by atoms with Gasteiger partial charge in [-0.15, -0.1) is 11.3 Å². The molecule has 2 aromatic heterocycles. The zero-order chi connectivity index (χ0) is 14.2. The Morgan fingerprint density at radius 2 is 2.10 bits per heavy atom. The topological polar surface area (TPSA) is 37.8 Å². The van der Waals surface area contributed by atoms with E-state index >= 15 is 0 Å². The van der Waals surface area contributed by atoms with E-state index in [0.29, 0.717) is 0 Å². The summed E-state index contributed by atoms with van der Waals surface area (Å²) >= 11 is 1.72. The van der Waals surface area contributed by atoms with Crippen molar-refractivity contribution >= 4 is 22.2 Å². The maximum Gasteiger partial charge on any atom is 0.124 e. The van der Waals surface area contributed by atoms with Crippen LogP contribution in [0.15, 0.2) is 35.7 Å². The Labute approximate surface area is 128 Å². The summed E-state index contributed by atoms with van der Waals surface area (Å²) in [7, 11) is 0. The van der Waals surface area contributed by atoms with E-state index in [1.807, 2.05) is 13.0 Å². The molecule has 0 bridgehead atoms. The molecule has 1 fully saturated rings. The number of fused-ring (bicyclic) bond motifs is 1. The maximum atomic E-state index is 4.80. The van der Waals surface area contributed by atoms with E-state index in [2.05, 4.69) is 39.9 Å². The van der Waals surface area contributed by atoms with E-state index in [1.165, 1.54) is 23.8 Å². The molecule has 4 heteroatoms. The minimum absolute atomic E-state index is 0.721. The van der Waals surface area contributed by atoms with E-state index in [-0.39, 0.29) is 0 Å². The number of nitrogens with one attached hydrogen (secondary N) is 1. The van der Waals surface area contributed by atoms with E-state index in [4.69, 9.17) is 4.98 Å². The number of nitrogens with zero attached hydrogens (tertiary/aromatic N) is 2. The summed E-state index contributed by atoms with van der Waals surface area (Å²) in [6.07, 6.45) is 2.62. The SMILES string of the molecule is Cc1cc(-c2nc(CNC3CC3)cs2)c2ccccc2n1. The molecule has 0 amide bonds. The number of pyridine rings is 1. The number of thiazole rings is 1. The molecule has 3 aromatic rings. The van der Waals surface area contributed by atoms with Gasteiger partial charge in [0.2, 0.25) is 0 Å². The van der Waals surface area contributed by atoms with Crippen LogP contribution in [0.5, 0.6) is 0 Å². The van der Waals surface area contributed by atoms with Gasteiger partial charge in [0.25, 0.3) is 0 Å². The largest absolute Gasteiger partial charge is 0.308 e. The van der Waals surface area contributed by atoms with Gasteiger partial charge in [-0.1, -0.05) is 18.2 Å². The summed E-state index contributed by atoms with van der Waals surface area (Å²) in [5.41, 5.74) is 4.41. The monoisotopic (exact) mass is 295 g/mol. The van der Waals surface area contributed by atoms with Crippen LogP contribution in [0.3, 0.4) is 0 Å². The number of hydrogen-bond donors (Lipinski definition) is 1. The molecule has 0 saturated heterocycles. The highest BCUT2D eigenvalue weighted by atomic mass is 32.1. The van der Waals surface area contributed by atoms with Gasteiger partial charge >= 0.3 is 0 Å². The van der Waals surface area contributed by atoms with E-state index in [1.54, 1.807) is 11.3 Å². The Bertz CT molecular complexity index is 790. The zero-order valence-corrected chi connectivity index (χ0v) is 12.8. The second-order valence-electron chi connectivity index (χ2n) is 5.63. The highest BCUT2D eigenvalue weighted by Crippen LogP contribution is 2.31. The smallest absolute Gasteiger partial charge is 0.124 e. The fraction of sp³-hybridized carbons (Fsp3) is 0.294. The highest BCUT2D eigenvalue weighted by Gasteiger charge is 2.20. The van der Waals surface area contributed by atoms with Crippen LogP contribution >= 0.6 is 11.3 Å². The summed E-state index contributed by atoms with van der Waals surface area (Å²) in [4.78, 5) is 9.40.